The second kappa shape index (κ2) is 8.27. The smallest absolute Gasteiger partial charge is 0.240 e. The Morgan fingerprint density at radius 3 is 2.67 bits per heavy atom. The number of anilines is 1. The summed E-state index contributed by atoms with van der Waals surface area (Å²) in [6.07, 6.45) is 6.02. The van der Waals surface area contributed by atoms with Crippen LogP contribution in [0.15, 0.2) is 53.9 Å². The minimum absolute atomic E-state index is 0.112. The fourth-order valence-electron chi connectivity index (χ4n) is 4.39. The summed E-state index contributed by atoms with van der Waals surface area (Å²) in [4.78, 5) is 14.8. The van der Waals surface area contributed by atoms with Gasteiger partial charge in [-0.15, -0.1) is 0 Å². The molecule has 1 saturated heterocycles. The van der Waals surface area contributed by atoms with E-state index < -0.39 is 10.0 Å². The van der Waals surface area contributed by atoms with Gasteiger partial charge in [0.05, 0.1) is 22.2 Å². The number of nitrogens with one attached hydrogen (secondary N) is 2. The van der Waals surface area contributed by atoms with E-state index in [1.165, 1.54) is 0 Å². The van der Waals surface area contributed by atoms with E-state index in [1.54, 1.807) is 23.1 Å². The number of nitrogens with zero attached hydrogens (tertiary/aromatic N) is 5. The summed E-state index contributed by atoms with van der Waals surface area (Å²) in [5, 5.41) is 5.19. The van der Waals surface area contributed by atoms with E-state index in [2.05, 4.69) is 42.7 Å². The molecule has 2 atom stereocenters. The predicted molar refractivity (Wildman–Crippen MR) is 127 cm³/mol. The van der Waals surface area contributed by atoms with Gasteiger partial charge in [0.15, 0.2) is 0 Å². The van der Waals surface area contributed by atoms with Gasteiger partial charge in [0, 0.05) is 37.9 Å². The van der Waals surface area contributed by atoms with Crippen molar-refractivity contribution in [3.63, 3.8) is 0 Å². The molecule has 1 aromatic carbocycles. The van der Waals surface area contributed by atoms with Crippen LogP contribution in [-0.4, -0.2) is 52.3 Å². The number of fused-ring (bicyclic) bond motifs is 1. The first-order valence-electron chi connectivity index (χ1n) is 11.0. The second-order valence-electron chi connectivity index (χ2n) is 8.80. The zero-order valence-corrected chi connectivity index (χ0v) is 19.7. The molecule has 0 radical (unpaired) electrons. The zero-order chi connectivity index (χ0) is 23.2. The lowest BCUT2D eigenvalue weighted by molar-refractivity contribution is 0.356. The minimum Gasteiger partial charge on any atom is -0.356 e. The first-order valence-corrected chi connectivity index (χ1v) is 12.4. The lowest BCUT2D eigenvalue weighted by Crippen LogP contribution is -2.50. The highest BCUT2D eigenvalue weighted by molar-refractivity contribution is 7.89. The molecule has 0 saturated carbocycles. The molecule has 10 heteroatoms. The van der Waals surface area contributed by atoms with Gasteiger partial charge in [0.1, 0.15) is 17.8 Å². The number of hydrogen-bond acceptors (Lipinski definition) is 6. The molecule has 0 spiro atoms. The molecule has 1 aliphatic rings. The average molecular weight is 466 g/mol. The van der Waals surface area contributed by atoms with Crippen molar-refractivity contribution < 1.29 is 8.42 Å². The topological polar surface area (TPSA) is 109 Å². The standard InChI is InChI=1S/C23H27N7O2S/c1-15-4-6-18(7-5-15)33(31,32)28-20-8-9-30(12-16(20)2)23-19-10-21(17-11-26-29(3)13-17)27-22(19)24-14-25-23/h4-7,10-11,13-14,16,20,28H,8-9,12H2,1-3H3,(H,24,25,27). The predicted octanol–water partition coefficient (Wildman–Crippen LogP) is 2.86. The third-order valence-corrected chi connectivity index (χ3v) is 7.77. The van der Waals surface area contributed by atoms with Crippen molar-refractivity contribution in [2.24, 2.45) is 13.0 Å². The van der Waals surface area contributed by atoms with Crippen molar-refractivity contribution in [1.82, 2.24) is 29.5 Å². The van der Waals surface area contributed by atoms with Crippen LogP contribution < -0.4 is 9.62 Å². The highest BCUT2D eigenvalue weighted by Crippen LogP contribution is 2.31. The largest absolute Gasteiger partial charge is 0.356 e. The summed E-state index contributed by atoms with van der Waals surface area (Å²) >= 11 is 0. The van der Waals surface area contributed by atoms with E-state index in [1.807, 2.05) is 38.5 Å². The summed E-state index contributed by atoms with van der Waals surface area (Å²) in [6, 6.07) is 8.86. The Morgan fingerprint density at radius 1 is 1.18 bits per heavy atom. The van der Waals surface area contributed by atoms with Crippen LogP contribution in [-0.2, 0) is 17.1 Å². The van der Waals surface area contributed by atoms with Gasteiger partial charge < -0.3 is 9.88 Å². The van der Waals surface area contributed by atoms with Gasteiger partial charge in [0.2, 0.25) is 10.0 Å². The number of piperidine rings is 1. The van der Waals surface area contributed by atoms with Crippen molar-refractivity contribution in [1.29, 1.82) is 0 Å². The molecule has 2 unspecified atom stereocenters. The Balaban J connectivity index is 1.35. The molecule has 4 aromatic rings. The molecule has 2 N–H and O–H groups in total. The van der Waals surface area contributed by atoms with Crippen molar-refractivity contribution in [3.05, 3.63) is 54.6 Å². The molecule has 33 heavy (non-hydrogen) atoms. The monoisotopic (exact) mass is 465 g/mol. The van der Waals surface area contributed by atoms with Crippen LogP contribution in [0.3, 0.4) is 0 Å². The summed E-state index contributed by atoms with van der Waals surface area (Å²) < 4.78 is 30.4. The van der Waals surface area contributed by atoms with Crippen LogP contribution in [0.25, 0.3) is 22.3 Å². The second-order valence-corrected chi connectivity index (χ2v) is 10.5. The molecule has 0 bridgehead atoms. The van der Waals surface area contributed by atoms with Crippen molar-refractivity contribution in [3.8, 4) is 11.3 Å². The summed E-state index contributed by atoms with van der Waals surface area (Å²) in [6.45, 7) is 5.41. The van der Waals surface area contributed by atoms with Crippen molar-refractivity contribution >= 4 is 26.9 Å². The SMILES string of the molecule is Cc1ccc(S(=O)(=O)NC2CCN(c3ncnc4[nH]c(-c5cnn(C)c5)cc34)CC2C)cc1. The number of aromatic amines is 1. The number of rotatable bonds is 5. The molecule has 3 aromatic heterocycles. The number of aryl methyl sites for hydroxylation is 2. The number of aromatic nitrogens is 5. The maximum absolute atomic E-state index is 12.9. The van der Waals surface area contributed by atoms with Crippen molar-refractivity contribution in [2.45, 2.75) is 31.2 Å². The lowest BCUT2D eigenvalue weighted by Gasteiger charge is -2.37. The van der Waals surface area contributed by atoms with Gasteiger partial charge in [-0.2, -0.15) is 5.10 Å². The molecular formula is C23H27N7O2S. The third kappa shape index (κ3) is 4.23. The Kier molecular flexibility index (Phi) is 5.41. The Labute approximate surface area is 192 Å². The van der Waals surface area contributed by atoms with Gasteiger partial charge in [-0.25, -0.2) is 23.1 Å². The highest BCUT2D eigenvalue weighted by Gasteiger charge is 2.31. The minimum atomic E-state index is -3.56. The first-order chi connectivity index (χ1) is 15.8. The maximum atomic E-state index is 12.9. The number of benzene rings is 1. The highest BCUT2D eigenvalue weighted by atomic mass is 32.2. The van der Waals surface area contributed by atoms with E-state index in [0.717, 1.165) is 33.7 Å². The first kappa shape index (κ1) is 21.6. The number of sulfonamides is 1. The van der Waals surface area contributed by atoms with Gasteiger partial charge in [0.25, 0.3) is 0 Å². The maximum Gasteiger partial charge on any atom is 0.240 e. The fourth-order valence-corrected chi connectivity index (χ4v) is 5.77. The van der Waals surface area contributed by atoms with E-state index in [0.29, 0.717) is 24.4 Å². The fraction of sp³-hybridized carbons (Fsp3) is 0.348. The van der Waals surface area contributed by atoms with Crippen LogP contribution >= 0.6 is 0 Å². The Morgan fingerprint density at radius 2 is 1.97 bits per heavy atom. The summed E-state index contributed by atoms with van der Waals surface area (Å²) in [7, 11) is -1.67. The van der Waals surface area contributed by atoms with Crippen molar-refractivity contribution in [2.75, 3.05) is 18.0 Å². The molecular weight excluding hydrogens is 438 g/mol. The average Bonchev–Trinajstić information content (AvgIpc) is 3.41. The molecule has 9 nitrogen and oxygen atoms in total. The van der Waals surface area contributed by atoms with Crippen LogP contribution in [0.5, 0.6) is 0 Å². The normalized spacial score (nSPS) is 19.3. The zero-order valence-electron chi connectivity index (χ0n) is 18.9. The van der Waals surface area contributed by atoms with Crippen LogP contribution in [0, 0.1) is 12.8 Å². The quantitative estimate of drug-likeness (QED) is 0.469. The molecule has 0 amide bonds. The molecule has 5 rings (SSSR count). The third-order valence-electron chi connectivity index (χ3n) is 6.26. The van der Waals surface area contributed by atoms with Crippen LogP contribution in [0.1, 0.15) is 18.9 Å². The summed E-state index contributed by atoms with van der Waals surface area (Å²) in [5.74, 6) is 0.971. The van der Waals surface area contributed by atoms with E-state index in [-0.39, 0.29) is 12.0 Å². The Bertz CT molecular complexity index is 1390. The van der Waals surface area contributed by atoms with Gasteiger partial charge in [-0.05, 0) is 37.5 Å². The lowest BCUT2D eigenvalue weighted by atomic mass is 9.94. The van der Waals surface area contributed by atoms with Gasteiger partial charge in [-0.3, -0.25) is 4.68 Å². The van der Waals surface area contributed by atoms with E-state index in [4.69, 9.17) is 0 Å². The molecule has 172 valence electrons. The molecule has 0 aliphatic carbocycles. The molecule has 4 heterocycles. The summed E-state index contributed by atoms with van der Waals surface area (Å²) in [5.41, 5.74) is 3.73. The number of H-pyrrole nitrogens is 1. The Hall–Kier alpha value is -3.24. The van der Waals surface area contributed by atoms with E-state index >= 15 is 0 Å². The van der Waals surface area contributed by atoms with Crippen LogP contribution in [0.2, 0.25) is 0 Å². The van der Waals surface area contributed by atoms with Gasteiger partial charge in [-0.1, -0.05) is 24.6 Å². The molecule has 1 fully saturated rings. The van der Waals surface area contributed by atoms with Gasteiger partial charge >= 0.3 is 0 Å². The van der Waals surface area contributed by atoms with Crippen LogP contribution in [0.4, 0.5) is 5.82 Å². The molecule has 1 aliphatic heterocycles. The number of hydrogen-bond donors (Lipinski definition) is 2. The van der Waals surface area contributed by atoms with E-state index in [9.17, 15) is 8.42 Å².